The molecule has 3 rings (SSSR count). The van der Waals surface area contributed by atoms with E-state index >= 15 is 0 Å². The molecule has 0 aliphatic carbocycles. The van der Waals surface area contributed by atoms with Crippen LogP contribution in [0.15, 0.2) is 36.8 Å². The molecule has 0 radical (unpaired) electrons. The molecule has 3 heterocycles. The predicted octanol–water partition coefficient (Wildman–Crippen LogP) is 1.45. The van der Waals surface area contributed by atoms with Gasteiger partial charge in [-0.25, -0.2) is 4.98 Å². The number of hydrogen-bond donors (Lipinski definition) is 0. The van der Waals surface area contributed by atoms with Gasteiger partial charge in [0, 0.05) is 38.7 Å². The molecule has 0 aromatic carbocycles. The van der Waals surface area contributed by atoms with E-state index in [-0.39, 0.29) is 18.5 Å². The third kappa shape index (κ3) is 3.54. The zero-order valence-corrected chi connectivity index (χ0v) is 13.7. The molecule has 0 unspecified atom stereocenters. The monoisotopic (exact) mass is 324 g/mol. The molecule has 1 saturated heterocycles. The fraction of sp³-hybridized carbons (Fsp3) is 0.412. The Bertz CT molecular complexity index is 719. The third-order valence-corrected chi connectivity index (χ3v) is 4.29. The Labute approximate surface area is 141 Å². The number of anilines is 1. The number of rotatable bonds is 4. The lowest BCUT2D eigenvalue weighted by molar-refractivity contribution is -0.131. The fourth-order valence-electron chi connectivity index (χ4n) is 2.96. The maximum absolute atomic E-state index is 12.6. The number of likely N-dealkylation sites (N-methyl/N-ethyl adjacent to an activating group) is 1. The topological polar surface area (TPSA) is 78.0 Å². The van der Waals surface area contributed by atoms with Crippen LogP contribution in [0.2, 0.25) is 0 Å². The Morgan fingerprint density at radius 1 is 1.50 bits per heavy atom. The van der Waals surface area contributed by atoms with Crippen molar-refractivity contribution in [2.24, 2.45) is 0 Å². The van der Waals surface area contributed by atoms with Crippen LogP contribution in [0.1, 0.15) is 24.4 Å². The van der Waals surface area contributed by atoms with Gasteiger partial charge >= 0.3 is 0 Å². The third-order valence-electron chi connectivity index (χ3n) is 4.29. The molecule has 2 aromatic heterocycles. The summed E-state index contributed by atoms with van der Waals surface area (Å²) in [4.78, 5) is 20.5. The largest absolute Gasteiger partial charge is 0.350 e. The lowest BCUT2D eigenvalue weighted by Crippen LogP contribution is -2.45. The molecule has 1 atom stereocenters. The Kier molecular flexibility index (Phi) is 4.75. The summed E-state index contributed by atoms with van der Waals surface area (Å²) in [5.74, 6) is 0.767. The number of nitrogens with zero attached hydrogens (tertiary/aromatic N) is 6. The highest BCUT2D eigenvalue weighted by atomic mass is 16.2. The van der Waals surface area contributed by atoms with Crippen molar-refractivity contribution in [1.29, 1.82) is 5.26 Å². The minimum Gasteiger partial charge on any atom is -0.350 e. The second kappa shape index (κ2) is 7.13. The van der Waals surface area contributed by atoms with Gasteiger partial charge < -0.3 is 9.80 Å². The molecule has 0 saturated carbocycles. The van der Waals surface area contributed by atoms with Crippen LogP contribution in [0.3, 0.4) is 0 Å². The van der Waals surface area contributed by atoms with Crippen molar-refractivity contribution in [2.75, 3.05) is 31.6 Å². The molecule has 124 valence electrons. The number of carbonyl (C=O) groups is 1. The molecule has 1 fully saturated rings. The first-order valence-electron chi connectivity index (χ1n) is 8.01. The maximum atomic E-state index is 12.6. The van der Waals surface area contributed by atoms with Crippen LogP contribution < -0.4 is 4.90 Å². The lowest BCUT2D eigenvalue weighted by atomic mass is 10.1. The van der Waals surface area contributed by atoms with Crippen molar-refractivity contribution >= 4 is 11.7 Å². The van der Waals surface area contributed by atoms with Gasteiger partial charge in [-0.05, 0) is 31.0 Å². The highest BCUT2D eigenvalue weighted by molar-refractivity contribution is 5.81. The summed E-state index contributed by atoms with van der Waals surface area (Å²) in [5, 5.41) is 13.1. The van der Waals surface area contributed by atoms with E-state index in [0.29, 0.717) is 17.9 Å². The average Bonchev–Trinajstić information content (AvgIpc) is 3.16. The number of likely N-dealkylation sites (tertiary alicyclic amines) is 1. The average molecular weight is 324 g/mol. The summed E-state index contributed by atoms with van der Waals surface area (Å²) in [6.07, 6.45) is 7.26. The van der Waals surface area contributed by atoms with Gasteiger partial charge in [0.1, 0.15) is 11.9 Å². The fourth-order valence-corrected chi connectivity index (χ4v) is 2.96. The standard InChI is InChI=1S/C17H20N6O/c1-21(16-6-5-14(10-18)11-19-16)13-17(24)22-8-2-4-15(12-22)23-9-3-7-20-23/h3,5-7,9,11,15H,2,4,8,12-13H2,1H3/t15-/m0/s1. The number of piperidine rings is 1. The second-order valence-corrected chi connectivity index (χ2v) is 5.99. The van der Waals surface area contributed by atoms with Crippen LogP contribution in [0, 0.1) is 11.3 Å². The molecule has 2 aromatic rings. The minimum absolute atomic E-state index is 0.0838. The molecule has 1 aliphatic rings. The Hall–Kier alpha value is -2.88. The molecule has 0 bridgehead atoms. The summed E-state index contributed by atoms with van der Waals surface area (Å²) in [6, 6.07) is 7.66. The zero-order chi connectivity index (χ0) is 16.9. The van der Waals surface area contributed by atoms with Gasteiger partial charge in [-0.3, -0.25) is 9.48 Å². The van der Waals surface area contributed by atoms with E-state index in [0.717, 1.165) is 19.4 Å². The van der Waals surface area contributed by atoms with E-state index in [1.165, 1.54) is 6.20 Å². The number of nitriles is 1. The molecule has 7 heteroatoms. The van der Waals surface area contributed by atoms with Crippen molar-refractivity contribution in [1.82, 2.24) is 19.7 Å². The van der Waals surface area contributed by atoms with Gasteiger partial charge in [-0.2, -0.15) is 10.4 Å². The van der Waals surface area contributed by atoms with E-state index in [2.05, 4.69) is 10.1 Å². The quantitative estimate of drug-likeness (QED) is 0.850. The highest BCUT2D eigenvalue weighted by Crippen LogP contribution is 2.21. The van der Waals surface area contributed by atoms with Gasteiger partial charge in [-0.15, -0.1) is 0 Å². The van der Waals surface area contributed by atoms with Crippen molar-refractivity contribution in [2.45, 2.75) is 18.9 Å². The van der Waals surface area contributed by atoms with E-state index < -0.39 is 0 Å². The molecule has 0 N–H and O–H groups in total. The van der Waals surface area contributed by atoms with Crippen molar-refractivity contribution in [3.05, 3.63) is 42.4 Å². The van der Waals surface area contributed by atoms with E-state index in [1.807, 2.05) is 35.0 Å². The predicted molar refractivity (Wildman–Crippen MR) is 89.3 cm³/mol. The molecule has 24 heavy (non-hydrogen) atoms. The van der Waals surface area contributed by atoms with Crippen molar-refractivity contribution < 1.29 is 4.79 Å². The van der Waals surface area contributed by atoms with Crippen LogP contribution in [-0.2, 0) is 4.79 Å². The number of amides is 1. The summed E-state index contributed by atoms with van der Waals surface area (Å²) >= 11 is 0. The summed E-state index contributed by atoms with van der Waals surface area (Å²) < 4.78 is 1.94. The van der Waals surface area contributed by atoms with Crippen LogP contribution in [0.5, 0.6) is 0 Å². The molecular weight excluding hydrogens is 304 g/mol. The second-order valence-electron chi connectivity index (χ2n) is 5.99. The summed E-state index contributed by atoms with van der Waals surface area (Å²) in [5.41, 5.74) is 0.511. The van der Waals surface area contributed by atoms with Gasteiger partial charge in [0.15, 0.2) is 0 Å². The first-order chi connectivity index (χ1) is 11.7. The highest BCUT2D eigenvalue weighted by Gasteiger charge is 2.25. The van der Waals surface area contributed by atoms with Crippen molar-refractivity contribution in [3.8, 4) is 6.07 Å². The summed E-state index contributed by atoms with van der Waals surface area (Å²) in [6.45, 7) is 1.74. The molecule has 7 nitrogen and oxygen atoms in total. The molecular formula is C17H20N6O. The van der Waals surface area contributed by atoms with Crippen LogP contribution in [0.4, 0.5) is 5.82 Å². The molecule has 1 amide bonds. The Morgan fingerprint density at radius 3 is 3.04 bits per heavy atom. The van der Waals surface area contributed by atoms with Crippen LogP contribution in [-0.4, -0.2) is 52.3 Å². The number of pyridine rings is 1. The Morgan fingerprint density at radius 2 is 2.38 bits per heavy atom. The smallest absolute Gasteiger partial charge is 0.242 e. The van der Waals surface area contributed by atoms with E-state index in [1.54, 1.807) is 23.2 Å². The van der Waals surface area contributed by atoms with Gasteiger partial charge in [0.05, 0.1) is 18.2 Å². The molecule has 0 spiro atoms. The number of aromatic nitrogens is 3. The Balaban J connectivity index is 1.60. The van der Waals surface area contributed by atoms with Gasteiger partial charge in [-0.1, -0.05) is 0 Å². The number of hydrogen-bond acceptors (Lipinski definition) is 5. The normalized spacial score (nSPS) is 17.3. The summed E-state index contributed by atoms with van der Waals surface area (Å²) in [7, 11) is 1.83. The van der Waals surface area contributed by atoms with Gasteiger partial charge in [0.25, 0.3) is 0 Å². The molecule has 1 aliphatic heterocycles. The van der Waals surface area contributed by atoms with Crippen molar-refractivity contribution in [3.63, 3.8) is 0 Å². The maximum Gasteiger partial charge on any atom is 0.242 e. The first kappa shape index (κ1) is 16.0. The first-order valence-corrected chi connectivity index (χ1v) is 8.01. The van der Waals surface area contributed by atoms with E-state index in [4.69, 9.17) is 5.26 Å². The van der Waals surface area contributed by atoms with Crippen LogP contribution >= 0.6 is 0 Å². The zero-order valence-electron chi connectivity index (χ0n) is 13.7. The SMILES string of the molecule is CN(CC(=O)N1CCC[C@H](n2cccn2)C1)c1ccc(C#N)cn1. The lowest BCUT2D eigenvalue weighted by Gasteiger charge is -2.34. The minimum atomic E-state index is 0.0838. The van der Waals surface area contributed by atoms with Gasteiger partial charge in [0.2, 0.25) is 5.91 Å². The number of carbonyl (C=O) groups excluding carboxylic acids is 1. The van der Waals surface area contributed by atoms with Crippen LogP contribution in [0.25, 0.3) is 0 Å². The van der Waals surface area contributed by atoms with E-state index in [9.17, 15) is 4.79 Å².